The molecule has 8 heteroatoms. The van der Waals surface area contributed by atoms with E-state index in [-0.39, 0.29) is 29.4 Å². The highest BCUT2D eigenvalue weighted by atomic mass is 32.1. The van der Waals surface area contributed by atoms with E-state index < -0.39 is 0 Å². The van der Waals surface area contributed by atoms with Gasteiger partial charge in [-0.1, -0.05) is 18.8 Å². The van der Waals surface area contributed by atoms with Crippen molar-refractivity contribution in [3.05, 3.63) is 10.9 Å². The largest absolute Gasteiger partial charge is 0.393 e. The molecule has 0 atom stereocenters. The second-order valence-corrected chi connectivity index (χ2v) is 11.8. The zero-order valence-corrected chi connectivity index (χ0v) is 20.9. The predicted octanol–water partition coefficient (Wildman–Crippen LogP) is 4.79. The zero-order valence-electron chi connectivity index (χ0n) is 20.1. The first-order valence-corrected chi connectivity index (χ1v) is 12.9. The second kappa shape index (κ2) is 9.94. The first kappa shape index (κ1) is 23.9. The van der Waals surface area contributed by atoms with E-state index in [1.54, 1.807) is 0 Å². The number of aromatic amines is 1. The number of hydrogen-bond acceptors (Lipinski definition) is 6. The average molecular weight is 470 g/mol. The van der Waals surface area contributed by atoms with E-state index in [2.05, 4.69) is 60.2 Å². The van der Waals surface area contributed by atoms with Crippen LogP contribution in [0.4, 0.5) is 5.69 Å². The maximum absolute atomic E-state index is 14.0. The van der Waals surface area contributed by atoms with Crippen LogP contribution in [0.5, 0.6) is 0 Å². The lowest BCUT2D eigenvalue weighted by atomic mass is 9.81. The number of aliphatic hydroxyl groups excluding tert-OH is 1. The van der Waals surface area contributed by atoms with Crippen LogP contribution in [0, 0.1) is 29.1 Å². The Morgan fingerprint density at radius 3 is 2.45 bits per heavy atom. The molecule has 0 unspecified atom stereocenters. The highest BCUT2D eigenvalue weighted by Crippen LogP contribution is 2.42. The van der Waals surface area contributed by atoms with Crippen molar-refractivity contribution in [2.24, 2.45) is 17.3 Å². The SMILES string of the molecule is CC(C)(C)C#Cc1cc(N(C(=O)[C@H]2CC[C@@H](C)CC2)[C@H]2CC[C@@H](O)CC2)c(-c2nnn[nH]2)s1. The van der Waals surface area contributed by atoms with Crippen LogP contribution < -0.4 is 4.90 Å². The quantitative estimate of drug-likeness (QED) is 0.628. The van der Waals surface area contributed by atoms with Gasteiger partial charge in [-0.3, -0.25) is 4.79 Å². The number of aliphatic hydroxyl groups is 1. The maximum Gasteiger partial charge on any atom is 0.230 e. The number of carbonyl (C=O) groups is 1. The van der Waals surface area contributed by atoms with Crippen LogP contribution in [0.3, 0.4) is 0 Å². The molecule has 2 heterocycles. The molecule has 0 aromatic carbocycles. The minimum atomic E-state index is -0.276. The van der Waals surface area contributed by atoms with Crippen molar-refractivity contribution in [3.8, 4) is 22.5 Å². The summed E-state index contributed by atoms with van der Waals surface area (Å²) < 4.78 is 0. The third-order valence-electron chi connectivity index (χ3n) is 6.73. The lowest BCUT2D eigenvalue weighted by molar-refractivity contribution is -0.124. The van der Waals surface area contributed by atoms with Crippen molar-refractivity contribution >= 4 is 22.9 Å². The first-order valence-electron chi connectivity index (χ1n) is 12.1. The predicted molar refractivity (Wildman–Crippen MR) is 131 cm³/mol. The minimum absolute atomic E-state index is 0.0396. The molecule has 2 aromatic heterocycles. The fourth-order valence-electron chi connectivity index (χ4n) is 4.81. The topological polar surface area (TPSA) is 95.0 Å². The summed E-state index contributed by atoms with van der Waals surface area (Å²) >= 11 is 1.52. The van der Waals surface area contributed by atoms with Gasteiger partial charge >= 0.3 is 0 Å². The normalized spacial score (nSPS) is 25.8. The van der Waals surface area contributed by atoms with Crippen LogP contribution in [0.15, 0.2) is 6.07 Å². The van der Waals surface area contributed by atoms with Crippen LogP contribution >= 0.6 is 11.3 Å². The van der Waals surface area contributed by atoms with Gasteiger partial charge in [0.15, 0.2) is 5.82 Å². The highest BCUT2D eigenvalue weighted by molar-refractivity contribution is 7.16. The van der Waals surface area contributed by atoms with E-state index >= 15 is 0 Å². The van der Waals surface area contributed by atoms with Crippen LogP contribution in [0.2, 0.25) is 0 Å². The van der Waals surface area contributed by atoms with E-state index in [9.17, 15) is 9.90 Å². The van der Waals surface area contributed by atoms with Gasteiger partial charge in [-0.15, -0.1) is 16.4 Å². The summed E-state index contributed by atoms with van der Waals surface area (Å²) in [7, 11) is 0. The first-order chi connectivity index (χ1) is 15.7. The van der Waals surface area contributed by atoms with Crippen LogP contribution in [0.25, 0.3) is 10.7 Å². The summed E-state index contributed by atoms with van der Waals surface area (Å²) in [6.07, 6.45) is 6.81. The number of carbonyl (C=O) groups excluding carboxylic acids is 1. The summed E-state index contributed by atoms with van der Waals surface area (Å²) in [5.74, 6) is 8.09. The molecule has 2 aliphatic carbocycles. The van der Waals surface area contributed by atoms with E-state index in [1.165, 1.54) is 11.3 Å². The van der Waals surface area contributed by atoms with Gasteiger partial charge in [0.05, 0.1) is 21.5 Å². The van der Waals surface area contributed by atoms with Gasteiger partial charge in [0.25, 0.3) is 0 Å². The van der Waals surface area contributed by atoms with Crippen molar-refractivity contribution in [1.82, 2.24) is 20.6 Å². The molecule has 33 heavy (non-hydrogen) atoms. The fraction of sp³-hybridized carbons (Fsp3) is 0.680. The molecule has 178 valence electrons. The van der Waals surface area contributed by atoms with Crippen molar-refractivity contribution in [3.63, 3.8) is 0 Å². The molecule has 2 saturated carbocycles. The van der Waals surface area contributed by atoms with Crippen LogP contribution in [0.1, 0.15) is 83.9 Å². The number of H-pyrrole nitrogens is 1. The molecule has 2 fully saturated rings. The molecule has 7 nitrogen and oxygen atoms in total. The molecule has 0 bridgehead atoms. The number of tetrazole rings is 1. The fourth-order valence-corrected chi connectivity index (χ4v) is 5.75. The Hall–Kier alpha value is -2.24. The summed E-state index contributed by atoms with van der Waals surface area (Å²) in [4.78, 5) is 17.8. The average Bonchev–Trinajstić information content (AvgIpc) is 3.44. The van der Waals surface area contributed by atoms with Crippen LogP contribution in [-0.2, 0) is 4.79 Å². The Balaban J connectivity index is 1.75. The number of thiophene rings is 1. The maximum atomic E-state index is 14.0. The Kier molecular flexibility index (Phi) is 7.20. The standard InChI is InChI=1S/C25H35N5O2S/c1-16-5-7-17(8-6-16)24(32)30(18-9-11-19(31)12-10-18)21-15-20(13-14-25(2,3)4)33-22(21)23-26-28-29-27-23/h15-19,31H,5-12H2,1-4H3,(H,26,27,28,29)/t16-,17+,18-,19+. The number of anilines is 1. The van der Waals surface area contributed by atoms with Gasteiger partial charge in [-0.25, -0.2) is 5.10 Å². The third-order valence-corrected chi connectivity index (χ3v) is 7.77. The molecule has 0 saturated heterocycles. The number of nitrogens with one attached hydrogen (secondary N) is 1. The molecular formula is C25H35N5O2S. The summed E-state index contributed by atoms with van der Waals surface area (Å²) in [5.41, 5.74) is 0.730. The Morgan fingerprint density at radius 1 is 1.15 bits per heavy atom. The van der Waals surface area contributed by atoms with Crippen molar-refractivity contribution < 1.29 is 9.90 Å². The van der Waals surface area contributed by atoms with Crippen molar-refractivity contribution in [2.45, 2.75) is 91.2 Å². The van der Waals surface area contributed by atoms with Crippen LogP contribution in [-0.4, -0.2) is 43.8 Å². The van der Waals surface area contributed by atoms with E-state index in [0.717, 1.165) is 66.8 Å². The third kappa shape index (κ3) is 5.82. The molecule has 2 aliphatic rings. The molecular weight excluding hydrogens is 434 g/mol. The number of amides is 1. The minimum Gasteiger partial charge on any atom is -0.393 e. The zero-order chi connectivity index (χ0) is 23.6. The summed E-state index contributed by atoms with van der Waals surface area (Å²) in [5, 5.41) is 24.7. The lowest BCUT2D eigenvalue weighted by Crippen LogP contribution is -2.46. The molecule has 2 N–H and O–H groups in total. The van der Waals surface area contributed by atoms with Gasteiger partial charge in [0.2, 0.25) is 5.91 Å². The Bertz CT molecular complexity index is 998. The number of nitrogens with zero attached hydrogens (tertiary/aromatic N) is 4. The van der Waals surface area contributed by atoms with Gasteiger partial charge in [-0.05, 0) is 94.5 Å². The van der Waals surface area contributed by atoms with Crippen molar-refractivity contribution in [1.29, 1.82) is 0 Å². The molecule has 1 amide bonds. The summed E-state index contributed by atoms with van der Waals surface area (Å²) in [6, 6.07) is 2.10. The van der Waals surface area contributed by atoms with Gasteiger partial charge in [0, 0.05) is 17.4 Å². The molecule has 2 aromatic rings. The number of rotatable bonds is 4. The Labute approximate surface area is 200 Å². The molecule has 0 spiro atoms. The Morgan fingerprint density at radius 2 is 1.85 bits per heavy atom. The van der Waals surface area contributed by atoms with Gasteiger partial charge in [0.1, 0.15) is 0 Å². The lowest BCUT2D eigenvalue weighted by Gasteiger charge is -2.39. The number of hydrogen-bond donors (Lipinski definition) is 2. The van der Waals surface area contributed by atoms with E-state index in [4.69, 9.17) is 0 Å². The molecule has 0 radical (unpaired) electrons. The second-order valence-electron chi connectivity index (χ2n) is 10.7. The van der Waals surface area contributed by atoms with Gasteiger partial charge < -0.3 is 10.0 Å². The molecule has 4 rings (SSSR count). The monoisotopic (exact) mass is 469 g/mol. The smallest absolute Gasteiger partial charge is 0.230 e. The van der Waals surface area contributed by atoms with E-state index in [1.807, 2.05) is 11.0 Å². The van der Waals surface area contributed by atoms with Gasteiger partial charge in [-0.2, -0.15) is 0 Å². The summed E-state index contributed by atoms with van der Waals surface area (Å²) in [6.45, 7) is 8.53. The highest BCUT2D eigenvalue weighted by Gasteiger charge is 2.37. The number of aromatic nitrogens is 4. The molecule has 0 aliphatic heterocycles. The van der Waals surface area contributed by atoms with E-state index in [0.29, 0.717) is 11.7 Å². The van der Waals surface area contributed by atoms with Crippen molar-refractivity contribution in [2.75, 3.05) is 4.90 Å².